The molecule has 2 heterocycles. The summed E-state index contributed by atoms with van der Waals surface area (Å²) in [7, 11) is 0. The summed E-state index contributed by atoms with van der Waals surface area (Å²) in [6.45, 7) is 0.562. The van der Waals surface area contributed by atoms with Crippen LogP contribution < -0.4 is 0 Å². The molecule has 1 aliphatic rings. The first kappa shape index (κ1) is 12.8. The van der Waals surface area contributed by atoms with Crippen LogP contribution in [0.15, 0.2) is 60.7 Å². The molecule has 1 aliphatic heterocycles. The van der Waals surface area contributed by atoms with Gasteiger partial charge in [-0.05, 0) is 17.7 Å². The van der Waals surface area contributed by atoms with Crippen LogP contribution in [0.3, 0.4) is 0 Å². The van der Waals surface area contributed by atoms with Crippen molar-refractivity contribution in [1.29, 1.82) is 0 Å². The molecule has 4 heteroatoms. The first-order valence-electron chi connectivity index (χ1n) is 7.21. The van der Waals surface area contributed by atoms with Crippen molar-refractivity contribution >= 4 is 22.7 Å². The Balaban J connectivity index is 1.75. The number of hydrogen-bond donors (Lipinski definition) is 0. The normalized spacial score (nSPS) is 14.5. The first-order valence-corrected chi connectivity index (χ1v) is 7.21. The monoisotopic (exact) mass is 290 g/mol. The summed E-state index contributed by atoms with van der Waals surface area (Å²) >= 11 is 0. The molecular weight excluding hydrogens is 276 g/mol. The molecule has 0 spiro atoms. The van der Waals surface area contributed by atoms with Crippen molar-refractivity contribution in [3.05, 3.63) is 71.9 Å². The highest BCUT2D eigenvalue weighted by Gasteiger charge is 2.31. The van der Waals surface area contributed by atoms with Gasteiger partial charge in [-0.2, -0.15) is 0 Å². The quantitative estimate of drug-likeness (QED) is 0.728. The van der Waals surface area contributed by atoms with Gasteiger partial charge in [0.1, 0.15) is 12.2 Å². The Bertz CT molecular complexity index is 880. The molecule has 0 N–H and O–H groups in total. The van der Waals surface area contributed by atoms with Gasteiger partial charge >= 0.3 is 0 Å². The SMILES string of the molecule is O=C1c2cc3ccccc3n2C(=O)CN1Cc1ccccc1. The van der Waals surface area contributed by atoms with Gasteiger partial charge in [-0.3, -0.25) is 14.2 Å². The standard InChI is InChI=1S/C18H14N2O2/c21-17-12-19(11-13-6-2-1-3-7-13)18(22)16-10-14-8-4-5-9-15(14)20(16)17/h1-10H,11-12H2. The van der Waals surface area contributed by atoms with Crippen molar-refractivity contribution in [1.82, 2.24) is 9.47 Å². The van der Waals surface area contributed by atoms with Crippen LogP contribution in [0.4, 0.5) is 0 Å². The van der Waals surface area contributed by atoms with Crippen LogP contribution in [0.25, 0.3) is 10.9 Å². The van der Waals surface area contributed by atoms with Crippen LogP contribution in [-0.4, -0.2) is 27.8 Å². The molecule has 1 amide bonds. The fourth-order valence-corrected chi connectivity index (χ4v) is 2.98. The lowest BCUT2D eigenvalue weighted by molar-refractivity contribution is 0.0612. The molecule has 0 aliphatic carbocycles. The molecule has 2 aromatic carbocycles. The van der Waals surface area contributed by atoms with Crippen molar-refractivity contribution in [2.45, 2.75) is 6.54 Å². The molecule has 0 fully saturated rings. The summed E-state index contributed by atoms with van der Waals surface area (Å²) in [5.74, 6) is -0.161. The lowest BCUT2D eigenvalue weighted by Gasteiger charge is -2.27. The van der Waals surface area contributed by atoms with E-state index in [4.69, 9.17) is 0 Å². The largest absolute Gasteiger partial charge is 0.324 e. The zero-order valence-corrected chi connectivity index (χ0v) is 11.9. The number of carbonyl (C=O) groups excluding carboxylic acids is 2. The number of para-hydroxylation sites is 1. The van der Waals surface area contributed by atoms with Gasteiger partial charge in [-0.1, -0.05) is 48.5 Å². The summed E-state index contributed by atoms with van der Waals surface area (Å²) in [4.78, 5) is 26.8. The second-order valence-corrected chi connectivity index (χ2v) is 5.46. The van der Waals surface area contributed by atoms with Gasteiger partial charge in [0.05, 0.1) is 5.52 Å². The van der Waals surface area contributed by atoms with Gasteiger partial charge in [-0.25, -0.2) is 0 Å². The number of amides is 1. The molecule has 0 atom stereocenters. The van der Waals surface area contributed by atoms with E-state index < -0.39 is 0 Å². The average Bonchev–Trinajstić information content (AvgIpc) is 2.93. The highest BCUT2D eigenvalue weighted by molar-refractivity contribution is 6.09. The predicted molar refractivity (Wildman–Crippen MR) is 83.7 cm³/mol. The number of rotatable bonds is 2. The van der Waals surface area contributed by atoms with Crippen LogP contribution in [-0.2, 0) is 6.54 Å². The van der Waals surface area contributed by atoms with E-state index in [0.717, 1.165) is 16.5 Å². The minimum absolute atomic E-state index is 0.0632. The summed E-state index contributed by atoms with van der Waals surface area (Å²) in [5, 5.41) is 0.917. The van der Waals surface area contributed by atoms with Crippen molar-refractivity contribution in [3.63, 3.8) is 0 Å². The van der Waals surface area contributed by atoms with E-state index in [-0.39, 0.29) is 18.4 Å². The number of benzene rings is 2. The van der Waals surface area contributed by atoms with E-state index in [2.05, 4.69) is 0 Å². The van der Waals surface area contributed by atoms with E-state index >= 15 is 0 Å². The molecule has 0 saturated heterocycles. The van der Waals surface area contributed by atoms with Crippen molar-refractivity contribution in [3.8, 4) is 0 Å². The van der Waals surface area contributed by atoms with Gasteiger partial charge in [0.2, 0.25) is 0 Å². The van der Waals surface area contributed by atoms with E-state index in [1.165, 1.54) is 0 Å². The topological polar surface area (TPSA) is 42.3 Å². The molecule has 1 aromatic heterocycles. The fraction of sp³-hybridized carbons (Fsp3) is 0.111. The van der Waals surface area contributed by atoms with Crippen molar-refractivity contribution in [2.24, 2.45) is 0 Å². The zero-order valence-electron chi connectivity index (χ0n) is 11.9. The van der Waals surface area contributed by atoms with Crippen LogP contribution in [0.2, 0.25) is 0 Å². The Morgan fingerprint density at radius 1 is 0.909 bits per heavy atom. The molecule has 3 aromatic rings. The van der Waals surface area contributed by atoms with Crippen LogP contribution in [0.5, 0.6) is 0 Å². The molecule has 0 unspecified atom stereocenters. The highest BCUT2D eigenvalue weighted by Crippen LogP contribution is 2.24. The summed E-state index contributed by atoms with van der Waals surface area (Å²) < 4.78 is 1.54. The highest BCUT2D eigenvalue weighted by atomic mass is 16.2. The molecule has 0 saturated carbocycles. The number of fused-ring (bicyclic) bond motifs is 3. The lowest BCUT2D eigenvalue weighted by atomic mass is 10.2. The maximum atomic E-state index is 12.7. The van der Waals surface area contributed by atoms with E-state index in [9.17, 15) is 9.59 Å². The van der Waals surface area contributed by atoms with Crippen LogP contribution in [0.1, 0.15) is 20.8 Å². The predicted octanol–water partition coefficient (Wildman–Crippen LogP) is 2.94. The second kappa shape index (κ2) is 4.84. The van der Waals surface area contributed by atoms with Crippen LogP contribution in [0, 0.1) is 0 Å². The maximum Gasteiger partial charge on any atom is 0.271 e. The van der Waals surface area contributed by atoms with Crippen LogP contribution >= 0.6 is 0 Å². The van der Waals surface area contributed by atoms with Crippen molar-refractivity contribution < 1.29 is 9.59 Å². The molecule has 108 valence electrons. The Hall–Kier alpha value is -2.88. The third kappa shape index (κ3) is 1.92. The van der Waals surface area contributed by atoms with Gasteiger partial charge < -0.3 is 4.90 Å². The smallest absolute Gasteiger partial charge is 0.271 e. The number of nitrogens with zero attached hydrogens (tertiary/aromatic N) is 2. The molecule has 0 radical (unpaired) electrons. The van der Waals surface area contributed by atoms with Gasteiger partial charge in [0.25, 0.3) is 11.8 Å². The van der Waals surface area contributed by atoms with Gasteiger partial charge in [-0.15, -0.1) is 0 Å². The Kier molecular flexibility index (Phi) is 2.82. The molecule has 4 rings (SSSR count). The molecule has 22 heavy (non-hydrogen) atoms. The fourth-order valence-electron chi connectivity index (χ4n) is 2.98. The first-order chi connectivity index (χ1) is 10.7. The molecule has 0 bridgehead atoms. The maximum absolute atomic E-state index is 12.7. The summed E-state index contributed by atoms with van der Waals surface area (Å²) in [6, 6.07) is 19.1. The molecular formula is C18H14N2O2. The van der Waals surface area contributed by atoms with E-state index in [1.807, 2.05) is 54.6 Å². The number of aromatic nitrogens is 1. The number of carbonyl (C=O) groups is 2. The minimum Gasteiger partial charge on any atom is -0.324 e. The third-order valence-electron chi connectivity index (χ3n) is 4.01. The Morgan fingerprint density at radius 2 is 1.64 bits per heavy atom. The van der Waals surface area contributed by atoms with E-state index in [1.54, 1.807) is 15.5 Å². The summed E-state index contributed by atoms with van der Waals surface area (Å²) in [5.41, 5.74) is 2.27. The average molecular weight is 290 g/mol. The number of hydrogen-bond acceptors (Lipinski definition) is 2. The third-order valence-corrected chi connectivity index (χ3v) is 4.01. The summed E-state index contributed by atoms with van der Waals surface area (Å²) in [6.07, 6.45) is 0. The minimum atomic E-state index is -0.0975. The Morgan fingerprint density at radius 3 is 2.45 bits per heavy atom. The van der Waals surface area contributed by atoms with Gasteiger partial charge in [0.15, 0.2) is 0 Å². The van der Waals surface area contributed by atoms with Crippen molar-refractivity contribution in [2.75, 3.05) is 6.54 Å². The van der Waals surface area contributed by atoms with Gasteiger partial charge in [0, 0.05) is 11.9 Å². The zero-order chi connectivity index (χ0) is 15.1. The van der Waals surface area contributed by atoms with E-state index in [0.29, 0.717) is 12.2 Å². The molecule has 4 nitrogen and oxygen atoms in total. The second-order valence-electron chi connectivity index (χ2n) is 5.46. The Labute approximate surface area is 127 Å². The lowest BCUT2D eigenvalue weighted by Crippen LogP contribution is -2.43.